The number of carbonyl (C=O) groups is 2. The van der Waals surface area contributed by atoms with E-state index in [0.717, 1.165) is 32.4 Å². The van der Waals surface area contributed by atoms with Crippen molar-refractivity contribution < 1.29 is 9.59 Å². The van der Waals surface area contributed by atoms with E-state index < -0.39 is 0 Å². The third-order valence-electron chi connectivity index (χ3n) is 5.71. The highest BCUT2D eigenvalue weighted by Gasteiger charge is 2.58. The van der Waals surface area contributed by atoms with Gasteiger partial charge in [0.25, 0.3) is 5.91 Å². The van der Waals surface area contributed by atoms with Crippen LogP contribution in [-0.4, -0.2) is 50.7 Å². The maximum Gasteiger partial charge on any atom is 0.256 e. The first-order valence-electron chi connectivity index (χ1n) is 8.92. The van der Waals surface area contributed by atoms with Gasteiger partial charge in [-0.05, 0) is 47.1 Å². The lowest BCUT2D eigenvalue weighted by atomic mass is 9.92. The Bertz CT molecular complexity index is 785. The number of piperidine rings is 1. The molecule has 0 radical (unpaired) electrons. The summed E-state index contributed by atoms with van der Waals surface area (Å²) in [5.41, 5.74) is 1.92. The van der Waals surface area contributed by atoms with Crippen LogP contribution in [0.5, 0.6) is 0 Å². The molecule has 4 rings (SSSR count). The zero-order valence-corrected chi connectivity index (χ0v) is 15.6. The number of nitrogens with zero attached hydrogens (tertiary/aromatic N) is 4. The summed E-state index contributed by atoms with van der Waals surface area (Å²) >= 11 is 1.66. The fourth-order valence-electron chi connectivity index (χ4n) is 4.07. The summed E-state index contributed by atoms with van der Waals surface area (Å²) in [6.45, 7) is 3.81. The molecule has 1 unspecified atom stereocenters. The van der Waals surface area contributed by atoms with Gasteiger partial charge in [-0.1, -0.05) is 0 Å². The first-order valence-corrected chi connectivity index (χ1v) is 9.86. The van der Waals surface area contributed by atoms with Crippen molar-refractivity contribution >= 4 is 23.2 Å². The highest BCUT2D eigenvalue weighted by atomic mass is 32.1. The van der Waals surface area contributed by atoms with E-state index in [1.165, 1.54) is 11.9 Å². The Morgan fingerprint density at radius 2 is 2.04 bits per heavy atom. The van der Waals surface area contributed by atoms with Crippen molar-refractivity contribution in [2.75, 3.05) is 13.1 Å². The molecule has 2 amide bonds. The van der Waals surface area contributed by atoms with Gasteiger partial charge in [0.2, 0.25) is 5.91 Å². The predicted octanol–water partition coefficient (Wildman–Crippen LogP) is 2.58. The van der Waals surface area contributed by atoms with Crippen LogP contribution >= 0.6 is 11.3 Å². The minimum absolute atomic E-state index is 0.000604. The predicted molar refractivity (Wildman–Crippen MR) is 98.6 cm³/mol. The van der Waals surface area contributed by atoms with E-state index in [2.05, 4.69) is 21.4 Å². The molecule has 0 aromatic carbocycles. The van der Waals surface area contributed by atoms with E-state index in [-0.39, 0.29) is 17.2 Å². The average Bonchev–Trinajstić information content (AvgIpc) is 3.09. The van der Waals surface area contributed by atoms with Crippen molar-refractivity contribution in [3.8, 4) is 0 Å². The number of carbonyl (C=O) groups excluding carboxylic acids is 2. The lowest BCUT2D eigenvalue weighted by Gasteiger charge is -2.34. The van der Waals surface area contributed by atoms with Gasteiger partial charge in [0.15, 0.2) is 0 Å². The summed E-state index contributed by atoms with van der Waals surface area (Å²) in [5.74, 6) is 0.136. The fraction of sp³-hybridized carbons (Fsp3) is 0.474. The van der Waals surface area contributed by atoms with E-state index >= 15 is 0 Å². The monoisotopic (exact) mass is 370 g/mol. The molecule has 6 nitrogen and oxygen atoms in total. The summed E-state index contributed by atoms with van der Waals surface area (Å²) in [6.07, 6.45) is 7.51. The molecule has 2 aliphatic rings. The standard InChI is InChI=1S/C19H22N4O2S/c1-14(24)23(11-15-2-7-26-12-15)17-8-19(17)3-5-22(6-4-19)18(25)16-9-20-13-21-10-16/h2,7,9-10,12-13,17H,3-6,8,11H2,1H3. The molecule has 3 heterocycles. The molecule has 1 aliphatic heterocycles. The van der Waals surface area contributed by atoms with Gasteiger partial charge in [0.05, 0.1) is 5.56 Å². The maximum absolute atomic E-state index is 12.5. The molecule has 1 saturated heterocycles. The van der Waals surface area contributed by atoms with E-state index in [1.807, 2.05) is 15.2 Å². The lowest BCUT2D eigenvalue weighted by molar-refractivity contribution is -0.130. The van der Waals surface area contributed by atoms with Crippen LogP contribution < -0.4 is 0 Å². The molecule has 1 saturated carbocycles. The zero-order chi connectivity index (χ0) is 18.1. The first kappa shape index (κ1) is 17.1. The van der Waals surface area contributed by atoms with Crippen molar-refractivity contribution in [1.82, 2.24) is 19.8 Å². The number of aromatic nitrogens is 2. The Kier molecular flexibility index (Phi) is 4.48. The molecule has 2 aromatic heterocycles. The van der Waals surface area contributed by atoms with Gasteiger partial charge >= 0.3 is 0 Å². The second-order valence-electron chi connectivity index (χ2n) is 7.28. The van der Waals surface area contributed by atoms with Crippen LogP contribution in [0.1, 0.15) is 42.1 Å². The summed E-state index contributed by atoms with van der Waals surface area (Å²) in [4.78, 5) is 36.5. The molecule has 2 aromatic rings. The van der Waals surface area contributed by atoms with Gasteiger partial charge in [0.1, 0.15) is 6.33 Å². The largest absolute Gasteiger partial charge is 0.339 e. The summed E-state index contributed by atoms with van der Waals surface area (Å²) in [7, 11) is 0. The smallest absolute Gasteiger partial charge is 0.256 e. The van der Waals surface area contributed by atoms with Crippen molar-refractivity contribution in [1.29, 1.82) is 0 Å². The molecule has 7 heteroatoms. The average molecular weight is 370 g/mol. The van der Waals surface area contributed by atoms with Gasteiger partial charge in [-0.15, -0.1) is 0 Å². The zero-order valence-electron chi connectivity index (χ0n) is 14.8. The molecule has 26 heavy (non-hydrogen) atoms. The Balaban J connectivity index is 1.38. The van der Waals surface area contributed by atoms with Gasteiger partial charge < -0.3 is 9.80 Å². The topological polar surface area (TPSA) is 66.4 Å². The molecule has 1 aliphatic carbocycles. The first-order chi connectivity index (χ1) is 12.6. The number of rotatable bonds is 4. The summed E-state index contributed by atoms with van der Waals surface area (Å²) < 4.78 is 0. The molecular weight excluding hydrogens is 348 g/mol. The number of likely N-dealkylation sites (tertiary alicyclic amines) is 1. The quantitative estimate of drug-likeness (QED) is 0.830. The Morgan fingerprint density at radius 3 is 2.65 bits per heavy atom. The van der Waals surface area contributed by atoms with E-state index in [4.69, 9.17) is 0 Å². The van der Waals surface area contributed by atoms with Crippen LogP contribution in [0.4, 0.5) is 0 Å². The normalized spacial score (nSPS) is 20.8. The van der Waals surface area contributed by atoms with Crippen molar-refractivity contribution in [3.05, 3.63) is 46.7 Å². The van der Waals surface area contributed by atoms with Crippen molar-refractivity contribution in [3.63, 3.8) is 0 Å². The van der Waals surface area contributed by atoms with E-state index in [9.17, 15) is 9.59 Å². The second-order valence-corrected chi connectivity index (χ2v) is 8.06. The molecule has 1 spiro atoms. The SMILES string of the molecule is CC(=O)N(Cc1ccsc1)C1CC12CCN(C(=O)c1cncnc1)CC2. The molecule has 0 N–H and O–H groups in total. The highest BCUT2D eigenvalue weighted by molar-refractivity contribution is 7.07. The highest BCUT2D eigenvalue weighted by Crippen LogP contribution is 2.57. The molecular formula is C19H22N4O2S. The van der Waals surface area contributed by atoms with Crippen LogP contribution in [0.25, 0.3) is 0 Å². The Morgan fingerprint density at radius 1 is 1.31 bits per heavy atom. The lowest BCUT2D eigenvalue weighted by Crippen LogP contribution is -2.42. The molecule has 136 valence electrons. The summed E-state index contributed by atoms with van der Waals surface area (Å²) in [5, 5.41) is 4.15. The van der Waals surface area contributed by atoms with Crippen LogP contribution in [0.15, 0.2) is 35.5 Å². The fourth-order valence-corrected chi connectivity index (χ4v) is 4.73. The van der Waals surface area contributed by atoms with Crippen LogP contribution in [-0.2, 0) is 11.3 Å². The van der Waals surface area contributed by atoms with E-state index in [1.54, 1.807) is 30.7 Å². The Hall–Kier alpha value is -2.28. The number of thiophene rings is 1. The molecule has 0 bridgehead atoms. The van der Waals surface area contributed by atoms with Gasteiger partial charge in [-0.2, -0.15) is 11.3 Å². The Labute approximate surface area is 156 Å². The minimum Gasteiger partial charge on any atom is -0.339 e. The second kappa shape index (κ2) is 6.79. The number of amides is 2. The van der Waals surface area contributed by atoms with E-state index in [0.29, 0.717) is 18.2 Å². The number of hydrogen-bond acceptors (Lipinski definition) is 5. The van der Waals surface area contributed by atoms with Crippen LogP contribution in [0.3, 0.4) is 0 Å². The van der Waals surface area contributed by atoms with Gasteiger partial charge in [-0.3, -0.25) is 9.59 Å². The van der Waals surface area contributed by atoms with Crippen LogP contribution in [0, 0.1) is 5.41 Å². The molecule has 2 fully saturated rings. The van der Waals surface area contributed by atoms with Crippen LogP contribution in [0.2, 0.25) is 0 Å². The number of hydrogen-bond donors (Lipinski definition) is 0. The maximum atomic E-state index is 12.5. The van der Waals surface area contributed by atoms with Gasteiger partial charge in [0, 0.05) is 45.0 Å². The minimum atomic E-state index is -0.000604. The summed E-state index contributed by atoms with van der Waals surface area (Å²) in [6, 6.07) is 2.39. The molecule has 1 atom stereocenters. The van der Waals surface area contributed by atoms with Crippen molar-refractivity contribution in [2.45, 2.75) is 38.8 Å². The third kappa shape index (κ3) is 3.23. The third-order valence-corrected chi connectivity index (χ3v) is 6.45. The van der Waals surface area contributed by atoms with Gasteiger partial charge in [-0.25, -0.2) is 9.97 Å². The van der Waals surface area contributed by atoms with Crippen molar-refractivity contribution in [2.24, 2.45) is 5.41 Å².